The van der Waals surface area contributed by atoms with Gasteiger partial charge in [-0.2, -0.15) is 0 Å². The number of amides is 1. The van der Waals surface area contributed by atoms with Gasteiger partial charge in [0, 0.05) is 19.5 Å². The molecule has 0 bridgehead atoms. The van der Waals surface area contributed by atoms with Crippen LogP contribution in [0, 0.1) is 0 Å². The molecule has 0 spiro atoms. The molecule has 22 heavy (non-hydrogen) atoms. The van der Waals surface area contributed by atoms with Gasteiger partial charge in [0.05, 0.1) is 6.61 Å². The summed E-state index contributed by atoms with van der Waals surface area (Å²) in [5.41, 5.74) is 2.49. The molecule has 1 aromatic rings. The molecular formula is C18H26N2O2. The van der Waals surface area contributed by atoms with Crippen molar-refractivity contribution in [2.75, 3.05) is 26.2 Å². The quantitative estimate of drug-likeness (QED) is 0.725. The van der Waals surface area contributed by atoms with Gasteiger partial charge in [-0.1, -0.05) is 30.7 Å². The first-order valence-electron chi connectivity index (χ1n) is 8.15. The van der Waals surface area contributed by atoms with Crippen LogP contribution in [0.15, 0.2) is 35.9 Å². The summed E-state index contributed by atoms with van der Waals surface area (Å²) >= 11 is 0. The van der Waals surface area contributed by atoms with Gasteiger partial charge in [0.1, 0.15) is 5.75 Å². The number of nitrogens with one attached hydrogen (secondary N) is 2. The van der Waals surface area contributed by atoms with Gasteiger partial charge in [-0.3, -0.25) is 4.79 Å². The summed E-state index contributed by atoms with van der Waals surface area (Å²) in [6, 6.07) is 8.02. The molecule has 120 valence electrons. The normalized spacial score (nSPS) is 14.3. The molecule has 1 heterocycles. The molecule has 1 aliphatic heterocycles. The lowest BCUT2D eigenvalue weighted by atomic mass is 10.1. The minimum absolute atomic E-state index is 0.116. The topological polar surface area (TPSA) is 50.4 Å². The van der Waals surface area contributed by atoms with Gasteiger partial charge >= 0.3 is 0 Å². The van der Waals surface area contributed by atoms with Crippen LogP contribution in [0.4, 0.5) is 0 Å². The van der Waals surface area contributed by atoms with Gasteiger partial charge < -0.3 is 15.4 Å². The minimum atomic E-state index is 0.116. The molecule has 0 unspecified atom stereocenters. The van der Waals surface area contributed by atoms with E-state index in [1.165, 1.54) is 11.1 Å². The molecule has 0 aromatic heterocycles. The summed E-state index contributed by atoms with van der Waals surface area (Å²) in [5.74, 6) is 1.01. The zero-order valence-corrected chi connectivity index (χ0v) is 13.4. The second-order valence-electron chi connectivity index (χ2n) is 5.59. The van der Waals surface area contributed by atoms with Crippen molar-refractivity contribution < 1.29 is 9.53 Å². The summed E-state index contributed by atoms with van der Waals surface area (Å²) in [6.07, 6.45) is 5.49. The SMILES string of the molecule is CCCOc1ccc(CCC(=O)NCC2=CCNCC2)cc1. The molecule has 1 aliphatic rings. The van der Waals surface area contributed by atoms with Gasteiger partial charge in [-0.05, 0) is 43.5 Å². The van der Waals surface area contributed by atoms with E-state index in [1.54, 1.807) is 0 Å². The van der Waals surface area contributed by atoms with Crippen molar-refractivity contribution in [3.63, 3.8) is 0 Å². The number of aryl methyl sites for hydroxylation is 1. The van der Waals surface area contributed by atoms with Crippen LogP contribution in [-0.2, 0) is 11.2 Å². The first-order chi connectivity index (χ1) is 10.8. The fourth-order valence-electron chi connectivity index (χ4n) is 2.36. The zero-order chi connectivity index (χ0) is 15.6. The summed E-state index contributed by atoms with van der Waals surface area (Å²) in [4.78, 5) is 11.9. The number of carbonyl (C=O) groups excluding carboxylic acids is 1. The Morgan fingerprint density at radius 3 is 2.82 bits per heavy atom. The van der Waals surface area contributed by atoms with Crippen molar-refractivity contribution in [3.05, 3.63) is 41.5 Å². The van der Waals surface area contributed by atoms with Gasteiger partial charge in [0.2, 0.25) is 5.91 Å². The highest BCUT2D eigenvalue weighted by Crippen LogP contribution is 2.13. The van der Waals surface area contributed by atoms with E-state index in [1.807, 2.05) is 24.3 Å². The molecule has 0 aliphatic carbocycles. The van der Waals surface area contributed by atoms with Gasteiger partial charge in [-0.25, -0.2) is 0 Å². The fourth-order valence-corrected chi connectivity index (χ4v) is 2.36. The van der Waals surface area contributed by atoms with E-state index in [0.717, 1.165) is 44.7 Å². The van der Waals surface area contributed by atoms with Crippen LogP contribution in [0.2, 0.25) is 0 Å². The zero-order valence-electron chi connectivity index (χ0n) is 13.4. The maximum absolute atomic E-state index is 11.9. The van der Waals surface area contributed by atoms with E-state index in [2.05, 4.69) is 23.6 Å². The second kappa shape index (κ2) is 9.26. The molecule has 4 nitrogen and oxygen atoms in total. The van der Waals surface area contributed by atoms with E-state index in [4.69, 9.17) is 4.74 Å². The molecular weight excluding hydrogens is 276 g/mol. The summed E-state index contributed by atoms with van der Waals surface area (Å²) in [7, 11) is 0. The Morgan fingerprint density at radius 1 is 1.32 bits per heavy atom. The fraction of sp³-hybridized carbons (Fsp3) is 0.500. The van der Waals surface area contributed by atoms with Crippen molar-refractivity contribution in [2.24, 2.45) is 0 Å². The van der Waals surface area contributed by atoms with Gasteiger partial charge in [0.25, 0.3) is 0 Å². The standard InChI is InChI=1S/C18H26N2O2/c1-2-13-22-17-6-3-15(4-7-17)5-8-18(21)20-14-16-9-11-19-12-10-16/h3-4,6-7,9,19H,2,5,8,10-14H2,1H3,(H,20,21). The smallest absolute Gasteiger partial charge is 0.220 e. The van der Waals surface area contributed by atoms with Crippen molar-refractivity contribution in [1.29, 1.82) is 0 Å². The maximum atomic E-state index is 11.9. The van der Waals surface area contributed by atoms with Crippen LogP contribution in [0.5, 0.6) is 5.75 Å². The van der Waals surface area contributed by atoms with Crippen molar-refractivity contribution >= 4 is 5.91 Å². The largest absolute Gasteiger partial charge is 0.494 e. The predicted octanol–water partition coefficient (Wildman–Crippen LogP) is 2.44. The third kappa shape index (κ3) is 5.90. The molecule has 0 saturated heterocycles. The van der Waals surface area contributed by atoms with Crippen molar-refractivity contribution in [3.8, 4) is 5.75 Å². The van der Waals surface area contributed by atoms with E-state index in [9.17, 15) is 4.79 Å². The average molecular weight is 302 g/mol. The van der Waals surface area contributed by atoms with E-state index in [-0.39, 0.29) is 5.91 Å². The Labute approximate surface area is 132 Å². The Balaban J connectivity index is 1.68. The molecule has 1 amide bonds. The number of ether oxygens (including phenoxy) is 1. The third-order valence-corrected chi connectivity index (χ3v) is 3.71. The van der Waals surface area contributed by atoms with E-state index in [0.29, 0.717) is 13.0 Å². The Bertz CT molecular complexity index is 494. The van der Waals surface area contributed by atoms with Crippen molar-refractivity contribution in [1.82, 2.24) is 10.6 Å². The first-order valence-corrected chi connectivity index (χ1v) is 8.15. The van der Waals surface area contributed by atoms with E-state index < -0.39 is 0 Å². The molecule has 0 saturated carbocycles. The Morgan fingerprint density at radius 2 is 2.14 bits per heavy atom. The lowest BCUT2D eigenvalue weighted by Gasteiger charge is -2.14. The van der Waals surface area contributed by atoms with Crippen LogP contribution in [-0.4, -0.2) is 32.1 Å². The van der Waals surface area contributed by atoms with Crippen LogP contribution in [0.1, 0.15) is 31.7 Å². The number of benzene rings is 1. The Kier molecular flexibility index (Phi) is 6.97. The van der Waals surface area contributed by atoms with Crippen LogP contribution in [0.3, 0.4) is 0 Å². The highest BCUT2D eigenvalue weighted by molar-refractivity contribution is 5.76. The van der Waals surface area contributed by atoms with Crippen LogP contribution in [0.25, 0.3) is 0 Å². The molecule has 0 fully saturated rings. The Hall–Kier alpha value is -1.81. The number of carbonyl (C=O) groups is 1. The second-order valence-corrected chi connectivity index (χ2v) is 5.59. The highest BCUT2D eigenvalue weighted by atomic mass is 16.5. The van der Waals surface area contributed by atoms with E-state index >= 15 is 0 Å². The highest BCUT2D eigenvalue weighted by Gasteiger charge is 2.06. The summed E-state index contributed by atoms with van der Waals surface area (Å²) in [5, 5.41) is 6.27. The number of hydrogen-bond donors (Lipinski definition) is 2. The molecule has 0 atom stereocenters. The first kappa shape index (κ1) is 16.6. The van der Waals surface area contributed by atoms with Crippen LogP contribution >= 0.6 is 0 Å². The maximum Gasteiger partial charge on any atom is 0.220 e. The lowest BCUT2D eigenvalue weighted by Crippen LogP contribution is -2.29. The monoisotopic (exact) mass is 302 g/mol. The minimum Gasteiger partial charge on any atom is -0.494 e. The lowest BCUT2D eigenvalue weighted by molar-refractivity contribution is -0.120. The number of hydrogen-bond acceptors (Lipinski definition) is 3. The summed E-state index contributed by atoms with van der Waals surface area (Å²) < 4.78 is 5.55. The summed E-state index contributed by atoms with van der Waals surface area (Å²) in [6.45, 7) is 5.44. The average Bonchev–Trinajstić information content (AvgIpc) is 2.58. The molecule has 2 rings (SSSR count). The molecule has 4 heteroatoms. The molecule has 0 radical (unpaired) electrons. The van der Waals surface area contributed by atoms with Crippen molar-refractivity contribution in [2.45, 2.75) is 32.6 Å². The van der Waals surface area contributed by atoms with Crippen LogP contribution < -0.4 is 15.4 Å². The number of rotatable bonds is 8. The molecule has 1 aromatic carbocycles. The third-order valence-electron chi connectivity index (χ3n) is 3.71. The van der Waals surface area contributed by atoms with Gasteiger partial charge in [0.15, 0.2) is 0 Å². The van der Waals surface area contributed by atoms with Gasteiger partial charge in [-0.15, -0.1) is 0 Å². The predicted molar refractivity (Wildman–Crippen MR) is 89.1 cm³/mol. The molecule has 2 N–H and O–H groups in total.